The van der Waals surface area contributed by atoms with Crippen LogP contribution in [0, 0.1) is 23.7 Å². The third-order valence-electron chi connectivity index (χ3n) is 2.87. The van der Waals surface area contributed by atoms with E-state index in [0.717, 1.165) is 5.56 Å². The van der Waals surface area contributed by atoms with E-state index in [9.17, 15) is 8.42 Å². The summed E-state index contributed by atoms with van der Waals surface area (Å²) in [6.07, 6.45) is 1.10. The molecule has 0 N–H and O–H groups in total. The summed E-state index contributed by atoms with van der Waals surface area (Å²) in [5.74, 6) is 0.0988. The number of aryl methyl sites for hydroxylation is 1. The van der Waals surface area contributed by atoms with Crippen molar-refractivity contribution in [3.63, 3.8) is 0 Å². The first-order valence-electron chi connectivity index (χ1n) is 5.97. The first-order valence-corrected chi connectivity index (χ1v) is 7.63. The Labute approximate surface area is 109 Å². The molecule has 0 saturated heterocycles. The molecule has 0 spiro atoms. The van der Waals surface area contributed by atoms with Crippen LogP contribution in [0.25, 0.3) is 0 Å². The van der Waals surface area contributed by atoms with Crippen molar-refractivity contribution in [2.45, 2.75) is 38.5 Å². The number of nitriles is 1. The molecule has 0 aliphatic carbocycles. The highest BCUT2D eigenvalue weighted by molar-refractivity contribution is 7.91. The van der Waals surface area contributed by atoms with E-state index in [1.165, 1.54) is 0 Å². The fourth-order valence-corrected chi connectivity index (χ4v) is 3.10. The normalized spacial score (nSPS) is 12.1. The number of rotatable bonds is 5. The van der Waals surface area contributed by atoms with Gasteiger partial charge in [-0.2, -0.15) is 5.26 Å². The molecule has 0 atom stereocenters. The fourth-order valence-electron chi connectivity index (χ4n) is 1.69. The fraction of sp³-hybridized carbons (Fsp3) is 0.500. The monoisotopic (exact) mass is 265 g/mol. The van der Waals surface area contributed by atoms with Crippen molar-refractivity contribution >= 4 is 9.84 Å². The Morgan fingerprint density at radius 3 is 2.56 bits per heavy atom. The van der Waals surface area contributed by atoms with Crippen LogP contribution in [0.15, 0.2) is 29.2 Å². The second-order valence-electron chi connectivity index (χ2n) is 5.23. The molecule has 98 valence electrons. The van der Waals surface area contributed by atoms with Crippen LogP contribution in [0.1, 0.15) is 32.3 Å². The van der Waals surface area contributed by atoms with Gasteiger partial charge in [-0.25, -0.2) is 8.42 Å². The van der Waals surface area contributed by atoms with E-state index < -0.39 is 15.3 Å². The van der Waals surface area contributed by atoms with Crippen LogP contribution in [0.3, 0.4) is 0 Å². The summed E-state index contributed by atoms with van der Waals surface area (Å²) in [4.78, 5) is 0.372. The Morgan fingerprint density at radius 2 is 2.00 bits per heavy atom. The van der Waals surface area contributed by atoms with Crippen molar-refractivity contribution in [2.75, 3.05) is 5.75 Å². The molecule has 0 bridgehead atoms. The Bertz CT molecular complexity index is 553. The predicted molar refractivity (Wildman–Crippen MR) is 71.9 cm³/mol. The second kappa shape index (κ2) is 5.53. The van der Waals surface area contributed by atoms with Crippen molar-refractivity contribution in [1.29, 1.82) is 5.26 Å². The molecule has 0 radical (unpaired) electrons. The third kappa shape index (κ3) is 4.15. The van der Waals surface area contributed by atoms with Gasteiger partial charge in [-0.15, -0.1) is 0 Å². The summed E-state index contributed by atoms with van der Waals surface area (Å²) >= 11 is 0. The van der Waals surface area contributed by atoms with Gasteiger partial charge in [0, 0.05) is 0 Å². The molecule has 1 aromatic rings. The summed E-state index contributed by atoms with van der Waals surface area (Å²) in [7, 11) is -3.22. The topological polar surface area (TPSA) is 57.9 Å². The van der Waals surface area contributed by atoms with Gasteiger partial charge in [0.15, 0.2) is 9.84 Å². The first kappa shape index (κ1) is 14.7. The van der Waals surface area contributed by atoms with Crippen LogP contribution in [0.4, 0.5) is 0 Å². The minimum atomic E-state index is -3.22. The average molecular weight is 265 g/mol. The van der Waals surface area contributed by atoms with Gasteiger partial charge in [-0.1, -0.05) is 12.1 Å². The van der Waals surface area contributed by atoms with E-state index in [4.69, 9.17) is 5.26 Å². The summed E-state index contributed by atoms with van der Waals surface area (Å²) in [6.45, 7) is 5.52. The Balaban J connectivity index is 2.70. The molecule has 0 aliphatic heterocycles. The lowest BCUT2D eigenvalue weighted by Crippen LogP contribution is -2.12. The molecule has 0 unspecified atom stereocenters. The second-order valence-corrected chi connectivity index (χ2v) is 7.34. The highest BCUT2D eigenvalue weighted by atomic mass is 32.2. The minimum Gasteiger partial charge on any atom is -0.224 e. The van der Waals surface area contributed by atoms with Crippen LogP contribution < -0.4 is 0 Å². The standard InChI is InChI=1S/C14H19NO2S/c1-12-6-4-7-13(10-12)18(16,17)9-5-8-14(2,3)11-15/h4,6-7,10H,5,8-9H2,1-3H3. The van der Waals surface area contributed by atoms with Crippen LogP contribution >= 0.6 is 0 Å². The molecule has 0 heterocycles. The maximum Gasteiger partial charge on any atom is 0.178 e. The van der Waals surface area contributed by atoms with Crippen molar-refractivity contribution in [2.24, 2.45) is 5.41 Å². The molecule has 18 heavy (non-hydrogen) atoms. The van der Waals surface area contributed by atoms with Gasteiger partial charge in [0.1, 0.15) is 0 Å². The van der Waals surface area contributed by atoms with Gasteiger partial charge in [-0.05, 0) is 51.3 Å². The molecule has 0 fully saturated rings. The zero-order valence-corrected chi connectivity index (χ0v) is 11.9. The Morgan fingerprint density at radius 1 is 1.33 bits per heavy atom. The zero-order valence-electron chi connectivity index (χ0n) is 11.1. The van der Waals surface area contributed by atoms with Gasteiger partial charge < -0.3 is 0 Å². The van der Waals surface area contributed by atoms with Gasteiger partial charge in [-0.3, -0.25) is 0 Å². The smallest absolute Gasteiger partial charge is 0.178 e. The number of hydrogen-bond donors (Lipinski definition) is 0. The lowest BCUT2D eigenvalue weighted by Gasteiger charge is -2.14. The minimum absolute atomic E-state index is 0.0988. The molecule has 1 aromatic carbocycles. The highest BCUT2D eigenvalue weighted by Gasteiger charge is 2.19. The summed E-state index contributed by atoms with van der Waals surface area (Å²) < 4.78 is 24.2. The molecule has 0 aliphatic rings. The van der Waals surface area contributed by atoms with Crippen LogP contribution in [0.2, 0.25) is 0 Å². The van der Waals surface area contributed by atoms with Gasteiger partial charge in [0.05, 0.1) is 22.1 Å². The number of hydrogen-bond acceptors (Lipinski definition) is 3. The molecule has 0 aromatic heterocycles. The summed E-state index contributed by atoms with van der Waals surface area (Å²) in [5.41, 5.74) is 0.482. The zero-order chi connectivity index (χ0) is 13.8. The van der Waals surface area contributed by atoms with Crippen molar-refractivity contribution < 1.29 is 8.42 Å². The van der Waals surface area contributed by atoms with Gasteiger partial charge >= 0.3 is 0 Å². The molecule has 3 nitrogen and oxygen atoms in total. The SMILES string of the molecule is Cc1cccc(S(=O)(=O)CCCC(C)(C)C#N)c1. The van der Waals surface area contributed by atoms with Crippen LogP contribution in [-0.2, 0) is 9.84 Å². The lowest BCUT2D eigenvalue weighted by molar-refractivity contribution is 0.445. The summed E-state index contributed by atoms with van der Waals surface area (Å²) in [5, 5.41) is 8.88. The average Bonchev–Trinajstić information content (AvgIpc) is 2.28. The van der Waals surface area contributed by atoms with Crippen molar-refractivity contribution in [3.05, 3.63) is 29.8 Å². The number of nitrogens with zero attached hydrogens (tertiary/aromatic N) is 1. The summed E-state index contributed by atoms with van der Waals surface area (Å²) in [6, 6.07) is 9.11. The molecular formula is C14H19NO2S. The van der Waals surface area contributed by atoms with Crippen LogP contribution in [0.5, 0.6) is 0 Å². The predicted octanol–water partition coefficient (Wildman–Crippen LogP) is 3.10. The van der Waals surface area contributed by atoms with E-state index in [0.29, 0.717) is 17.7 Å². The van der Waals surface area contributed by atoms with Gasteiger partial charge in [0.25, 0.3) is 0 Å². The number of benzene rings is 1. The first-order chi connectivity index (χ1) is 8.27. The van der Waals surface area contributed by atoms with Crippen molar-refractivity contribution in [3.8, 4) is 6.07 Å². The highest BCUT2D eigenvalue weighted by Crippen LogP contribution is 2.22. The molecule has 0 saturated carbocycles. The maximum atomic E-state index is 12.1. The van der Waals surface area contributed by atoms with E-state index in [1.807, 2.05) is 26.8 Å². The quantitative estimate of drug-likeness (QED) is 0.822. The van der Waals surface area contributed by atoms with E-state index in [-0.39, 0.29) is 5.75 Å². The number of sulfone groups is 1. The van der Waals surface area contributed by atoms with E-state index >= 15 is 0 Å². The maximum absolute atomic E-state index is 12.1. The lowest BCUT2D eigenvalue weighted by atomic mass is 9.90. The van der Waals surface area contributed by atoms with Gasteiger partial charge in [0.2, 0.25) is 0 Å². The molecule has 0 amide bonds. The van der Waals surface area contributed by atoms with Crippen molar-refractivity contribution in [1.82, 2.24) is 0 Å². The molecule has 4 heteroatoms. The molecule has 1 rings (SSSR count). The Hall–Kier alpha value is -1.34. The van der Waals surface area contributed by atoms with Crippen LogP contribution in [-0.4, -0.2) is 14.2 Å². The largest absolute Gasteiger partial charge is 0.224 e. The third-order valence-corrected chi connectivity index (χ3v) is 4.66. The van der Waals surface area contributed by atoms with E-state index in [1.54, 1.807) is 18.2 Å². The van der Waals surface area contributed by atoms with E-state index in [2.05, 4.69) is 6.07 Å². The molecular weight excluding hydrogens is 246 g/mol. The Kier molecular flexibility index (Phi) is 4.53.